The SMILES string of the molecule is CC[C@@H](Oc1ccc(Cl)cc1)C(=O)Nc1ccc(OC)cc1. The fraction of sp³-hybridized carbons (Fsp3) is 0.235. The van der Waals surface area contributed by atoms with Crippen molar-refractivity contribution in [1.29, 1.82) is 0 Å². The van der Waals surface area contributed by atoms with Gasteiger partial charge in [-0.1, -0.05) is 18.5 Å². The van der Waals surface area contributed by atoms with Crippen molar-refractivity contribution in [3.8, 4) is 11.5 Å². The summed E-state index contributed by atoms with van der Waals surface area (Å²) in [5, 5.41) is 3.46. The van der Waals surface area contributed by atoms with Gasteiger partial charge in [0, 0.05) is 10.7 Å². The van der Waals surface area contributed by atoms with Gasteiger partial charge >= 0.3 is 0 Å². The van der Waals surface area contributed by atoms with Gasteiger partial charge in [0.05, 0.1) is 7.11 Å². The molecule has 2 aromatic carbocycles. The van der Waals surface area contributed by atoms with Gasteiger partial charge in [-0.15, -0.1) is 0 Å². The lowest BCUT2D eigenvalue weighted by atomic mass is 10.2. The first-order valence-electron chi connectivity index (χ1n) is 6.99. The molecule has 4 nitrogen and oxygen atoms in total. The maximum Gasteiger partial charge on any atom is 0.265 e. The summed E-state index contributed by atoms with van der Waals surface area (Å²) in [5.74, 6) is 1.16. The molecule has 22 heavy (non-hydrogen) atoms. The van der Waals surface area contributed by atoms with Gasteiger partial charge in [0.15, 0.2) is 6.10 Å². The van der Waals surface area contributed by atoms with E-state index >= 15 is 0 Å². The normalized spacial score (nSPS) is 11.6. The Labute approximate surface area is 135 Å². The van der Waals surface area contributed by atoms with Crippen LogP contribution in [0, 0.1) is 0 Å². The number of anilines is 1. The number of hydrogen-bond acceptors (Lipinski definition) is 3. The lowest BCUT2D eigenvalue weighted by molar-refractivity contribution is -0.122. The van der Waals surface area contributed by atoms with E-state index in [0.717, 1.165) is 5.75 Å². The highest BCUT2D eigenvalue weighted by molar-refractivity contribution is 6.30. The van der Waals surface area contributed by atoms with Gasteiger partial charge < -0.3 is 14.8 Å². The molecule has 0 spiro atoms. The minimum Gasteiger partial charge on any atom is -0.497 e. The number of hydrogen-bond donors (Lipinski definition) is 1. The summed E-state index contributed by atoms with van der Waals surface area (Å²) in [7, 11) is 1.60. The minimum atomic E-state index is -0.566. The molecule has 0 fully saturated rings. The second kappa shape index (κ2) is 7.71. The van der Waals surface area contributed by atoms with E-state index in [0.29, 0.717) is 22.9 Å². The first-order chi connectivity index (χ1) is 10.6. The molecule has 0 aliphatic heterocycles. The van der Waals surface area contributed by atoms with Crippen LogP contribution in [0.1, 0.15) is 13.3 Å². The number of ether oxygens (including phenoxy) is 2. The number of amides is 1. The molecule has 2 rings (SSSR count). The molecule has 1 amide bonds. The molecule has 0 saturated carbocycles. The third-order valence-corrected chi connectivity index (χ3v) is 3.36. The average Bonchev–Trinajstić information content (AvgIpc) is 2.55. The fourth-order valence-corrected chi connectivity index (χ4v) is 2.02. The Bertz CT molecular complexity index is 611. The van der Waals surface area contributed by atoms with Gasteiger partial charge in [-0.2, -0.15) is 0 Å². The van der Waals surface area contributed by atoms with Crippen LogP contribution in [0.3, 0.4) is 0 Å². The van der Waals surface area contributed by atoms with Crippen molar-refractivity contribution < 1.29 is 14.3 Å². The second-order valence-electron chi connectivity index (χ2n) is 4.69. The molecule has 0 unspecified atom stereocenters. The van der Waals surface area contributed by atoms with Crippen molar-refractivity contribution in [2.45, 2.75) is 19.4 Å². The highest BCUT2D eigenvalue weighted by Gasteiger charge is 2.18. The van der Waals surface area contributed by atoms with Gasteiger partial charge in [0.25, 0.3) is 5.91 Å². The molecule has 0 aliphatic carbocycles. The number of methoxy groups -OCH3 is 1. The lowest BCUT2D eigenvalue weighted by Gasteiger charge is -2.17. The molecule has 1 N–H and O–H groups in total. The zero-order valence-electron chi connectivity index (χ0n) is 12.5. The summed E-state index contributed by atoms with van der Waals surface area (Å²) in [4.78, 5) is 12.3. The van der Waals surface area contributed by atoms with Crippen molar-refractivity contribution >= 4 is 23.2 Å². The average molecular weight is 320 g/mol. The molecule has 0 radical (unpaired) electrons. The first-order valence-corrected chi connectivity index (χ1v) is 7.37. The molecule has 0 aliphatic rings. The smallest absolute Gasteiger partial charge is 0.265 e. The molecule has 1 atom stereocenters. The summed E-state index contributed by atoms with van der Waals surface area (Å²) in [6, 6.07) is 14.1. The minimum absolute atomic E-state index is 0.192. The zero-order chi connectivity index (χ0) is 15.9. The van der Waals surface area contributed by atoms with Gasteiger partial charge in [0.2, 0.25) is 0 Å². The maximum atomic E-state index is 12.3. The zero-order valence-corrected chi connectivity index (χ0v) is 13.3. The van der Waals surface area contributed by atoms with E-state index in [2.05, 4.69) is 5.32 Å². The van der Waals surface area contributed by atoms with Crippen molar-refractivity contribution in [1.82, 2.24) is 0 Å². The van der Waals surface area contributed by atoms with E-state index in [4.69, 9.17) is 21.1 Å². The lowest BCUT2D eigenvalue weighted by Crippen LogP contribution is -2.32. The molecule has 0 bridgehead atoms. The Kier molecular flexibility index (Phi) is 5.67. The van der Waals surface area contributed by atoms with Crippen LogP contribution in [0.25, 0.3) is 0 Å². The Morgan fingerprint density at radius 1 is 1.09 bits per heavy atom. The van der Waals surface area contributed by atoms with Crippen LogP contribution in [0.5, 0.6) is 11.5 Å². The van der Waals surface area contributed by atoms with Crippen LogP contribution >= 0.6 is 11.6 Å². The Balaban J connectivity index is 1.99. The van der Waals surface area contributed by atoms with E-state index in [9.17, 15) is 4.79 Å². The third-order valence-electron chi connectivity index (χ3n) is 3.11. The highest BCUT2D eigenvalue weighted by atomic mass is 35.5. The van der Waals surface area contributed by atoms with Crippen LogP contribution in [-0.4, -0.2) is 19.1 Å². The Morgan fingerprint density at radius 3 is 2.23 bits per heavy atom. The van der Waals surface area contributed by atoms with E-state index in [1.54, 1.807) is 55.6 Å². The van der Waals surface area contributed by atoms with E-state index in [1.165, 1.54) is 0 Å². The third kappa shape index (κ3) is 4.40. The van der Waals surface area contributed by atoms with E-state index in [-0.39, 0.29) is 5.91 Å². The molecular formula is C17H18ClNO3. The second-order valence-corrected chi connectivity index (χ2v) is 5.12. The highest BCUT2D eigenvalue weighted by Crippen LogP contribution is 2.19. The largest absolute Gasteiger partial charge is 0.497 e. The molecular weight excluding hydrogens is 302 g/mol. The van der Waals surface area contributed by atoms with Crippen LogP contribution < -0.4 is 14.8 Å². The monoisotopic (exact) mass is 319 g/mol. The molecule has 0 aromatic heterocycles. The van der Waals surface area contributed by atoms with Crippen LogP contribution in [-0.2, 0) is 4.79 Å². The summed E-state index contributed by atoms with van der Waals surface area (Å²) in [6.07, 6.45) is -0.00628. The van der Waals surface area contributed by atoms with Crippen LogP contribution in [0.15, 0.2) is 48.5 Å². The molecule has 0 saturated heterocycles. The van der Waals surface area contributed by atoms with Gasteiger partial charge in [-0.3, -0.25) is 4.79 Å². The molecule has 0 heterocycles. The number of halogens is 1. The van der Waals surface area contributed by atoms with Crippen molar-refractivity contribution in [2.24, 2.45) is 0 Å². The summed E-state index contributed by atoms with van der Waals surface area (Å²) >= 11 is 5.83. The van der Waals surface area contributed by atoms with Gasteiger partial charge in [-0.05, 0) is 55.0 Å². The predicted octanol–water partition coefficient (Wildman–Crippen LogP) is 4.14. The number of rotatable bonds is 6. The number of carbonyl (C=O) groups is 1. The number of carbonyl (C=O) groups excluding carboxylic acids is 1. The first kappa shape index (κ1) is 16.2. The molecule has 116 valence electrons. The number of nitrogens with one attached hydrogen (secondary N) is 1. The van der Waals surface area contributed by atoms with E-state index in [1.807, 2.05) is 6.92 Å². The van der Waals surface area contributed by atoms with Crippen molar-refractivity contribution in [2.75, 3.05) is 12.4 Å². The van der Waals surface area contributed by atoms with Gasteiger partial charge in [0.1, 0.15) is 11.5 Å². The fourth-order valence-electron chi connectivity index (χ4n) is 1.90. The summed E-state index contributed by atoms with van der Waals surface area (Å²) in [6.45, 7) is 1.90. The summed E-state index contributed by atoms with van der Waals surface area (Å²) < 4.78 is 10.8. The van der Waals surface area contributed by atoms with E-state index < -0.39 is 6.10 Å². The van der Waals surface area contributed by atoms with Gasteiger partial charge in [-0.25, -0.2) is 0 Å². The van der Waals surface area contributed by atoms with Crippen molar-refractivity contribution in [3.05, 3.63) is 53.6 Å². The summed E-state index contributed by atoms with van der Waals surface area (Å²) in [5.41, 5.74) is 0.698. The molecule has 2 aromatic rings. The molecule has 5 heteroatoms. The van der Waals surface area contributed by atoms with Crippen molar-refractivity contribution in [3.63, 3.8) is 0 Å². The maximum absolute atomic E-state index is 12.3. The quantitative estimate of drug-likeness (QED) is 0.870. The Morgan fingerprint density at radius 2 is 1.68 bits per heavy atom. The topological polar surface area (TPSA) is 47.6 Å². The standard InChI is InChI=1S/C17H18ClNO3/c1-3-16(22-15-8-4-12(18)5-9-15)17(20)19-13-6-10-14(21-2)11-7-13/h4-11,16H,3H2,1-2H3,(H,19,20)/t16-/m1/s1. The Hall–Kier alpha value is -2.20. The number of benzene rings is 2. The predicted molar refractivity (Wildman–Crippen MR) is 87.8 cm³/mol. The van der Waals surface area contributed by atoms with Crippen LogP contribution in [0.4, 0.5) is 5.69 Å². The van der Waals surface area contributed by atoms with Crippen LogP contribution in [0.2, 0.25) is 5.02 Å².